The second-order valence-corrected chi connectivity index (χ2v) is 6.37. The SMILES string of the molecule is CC1CCCC(N(C)c2ccc(CN)c(Br)c2)C1. The first-order valence-corrected chi connectivity index (χ1v) is 7.62. The van der Waals surface area contributed by atoms with Gasteiger partial charge in [-0.1, -0.05) is 41.8 Å². The molecule has 0 heterocycles. The fourth-order valence-electron chi connectivity index (χ4n) is 2.89. The zero-order chi connectivity index (χ0) is 13.1. The van der Waals surface area contributed by atoms with E-state index in [1.165, 1.54) is 36.9 Å². The normalized spacial score (nSPS) is 24.0. The zero-order valence-electron chi connectivity index (χ0n) is 11.3. The minimum Gasteiger partial charge on any atom is -0.372 e. The van der Waals surface area contributed by atoms with Crippen LogP contribution in [0.15, 0.2) is 22.7 Å². The molecule has 1 fully saturated rings. The maximum absolute atomic E-state index is 5.69. The van der Waals surface area contributed by atoms with E-state index in [1.807, 2.05) is 0 Å². The van der Waals surface area contributed by atoms with Crippen LogP contribution < -0.4 is 10.6 Å². The van der Waals surface area contributed by atoms with E-state index in [0.717, 1.165) is 10.4 Å². The summed E-state index contributed by atoms with van der Waals surface area (Å²) in [6.45, 7) is 2.96. The first-order chi connectivity index (χ1) is 8.61. The van der Waals surface area contributed by atoms with Crippen LogP contribution in [0, 0.1) is 5.92 Å². The van der Waals surface area contributed by atoms with Gasteiger partial charge in [-0.2, -0.15) is 0 Å². The van der Waals surface area contributed by atoms with Gasteiger partial charge in [0.05, 0.1) is 0 Å². The Morgan fingerprint density at radius 2 is 2.17 bits per heavy atom. The molecule has 2 rings (SSSR count). The molecule has 2 atom stereocenters. The Bertz CT molecular complexity index is 405. The summed E-state index contributed by atoms with van der Waals surface area (Å²) in [5, 5.41) is 0. The van der Waals surface area contributed by atoms with Gasteiger partial charge in [-0.25, -0.2) is 0 Å². The molecule has 1 aromatic rings. The molecule has 18 heavy (non-hydrogen) atoms. The Morgan fingerprint density at radius 3 is 2.78 bits per heavy atom. The summed E-state index contributed by atoms with van der Waals surface area (Å²) < 4.78 is 1.12. The van der Waals surface area contributed by atoms with E-state index < -0.39 is 0 Å². The third kappa shape index (κ3) is 3.07. The first kappa shape index (κ1) is 13.9. The largest absolute Gasteiger partial charge is 0.372 e. The van der Waals surface area contributed by atoms with Gasteiger partial charge in [0.2, 0.25) is 0 Å². The number of hydrogen-bond acceptors (Lipinski definition) is 2. The Morgan fingerprint density at radius 1 is 1.39 bits per heavy atom. The maximum atomic E-state index is 5.69. The summed E-state index contributed by atoms with van der Waals surface area (Å²) in [4.78, 5) is 2.43. The highest BCUT2D eigenvalue weighted by Gasteiger charge is 2.22. The van der Waals surface area contributed by atoms with Crippen LogP contribution in [0.1, 0.15) is 38.2 Å². The molecule has 0 aromatic heterocycles. The fourth-order valence-corrected chi connectivity index (χ4v) is 3.41. The van der Waals surface area contributed by atoms with Crippen molar-refractivity contribution in [1.29, 1.82) is 0 Å². The topological polar surface area (TPSA) is 29.3 Å². The van der Waals surface area contributed by atoms with E-state index in [0.29, 0.717) is 12.6 Å². The van der Waals surface area contributed by atoms with Crippen molar-refractivity contribution in [2.24, 2.45) is 11.7 Å². The van der Waals surface area contributed by atoms with E-state index in [2.05, 4.69) is 53.0 Å². The molecule has 0 bridgehead atoms. The summed E-state index contributed by atoms with van der Waals surface area (Å²) in [7, 11) is 2.21. The van der Waals surface area contributed by atoms with Crippen molar-refractivity contribution in [1.82, 2.24) is 0 Å². The highest BCUT2D eigenvalue weighted by molar-refractivity contribution is 9.10. The molecular formula is C15H23BrN2. The molecule has 0 saturated heterocycles. The molecule has 0 radical (unpaired) electrons. The van der Waals surface area contributed by atoms with Crippen molar-refractivity contribution in [2.75, 3.05) is 11.9 Å². The smallest absolute Gasteiger partial charge is 0.0377 e. The van der Waals surface area contributed by atoms with Crippen LogP contribution in [0.2, 0.25) is 0 Å². The Labute approximate surface area is 119 Å². The monoisotopic (exact) mass is 310 g/mol. The molecule has 2 N–H and O–H groups in total. The molecule has 1 aliphatic carbocycles. The number of hydrogen-bond donors (Lipinski definition) is 1. The molecule has 3 heteroatoms. The fraction of sp³-hybridized carbons (Fsp3) is 0.600. The van der Waals surface area contributed by atoms with Gasteiger partial charge in [-0.05, 0) is 36.5 Å². The Hall–Kier alpha value is -0.540. The number of nitrogens with two attached hydrogens (primary N) is 1. The summed E-state index contributed by atoms with van der Waals surface area (Å²) in [5.41, 5.74) is 8.15. The van der Waals surface area contributed by atoms with Gasteiger partial charge in [0, 0.05) is 29.8 Å². The quantitative estimate of drug-likeness (QED) is 0.916. The van der Waals surface area contributed by atoms with E-state index in [-0.39, 0.29) is 0 Å². The molecule has 2 nitrogen and oxygen atoms in total. The zero-order valence-corrected chi connectivity index (χ0v) is 12.9. The minimum absolute atomic E-state index is 0.588. The van der Waals surface area contributed by atoms with Crippen LogP contribution in [0.25, 0.3) is 0 Å². The van der Waals surface area contributed by atoms with Crippen LogP contribution in [-0.4, -0.2) is 13.1 Å². The molecule has 0 aliphatic heterocycles. The van der Waals surface area contributed by atoms with Gasteiger partial charge in [-0.3, -0.25) is 0 Å². The van der Waals surface area contributed by atoms with Gasteiger partial charge >= 0.3 is 0 Å². The predicted molar refractivity (Wildman–Crippen MR) is 81.9 cm³/mol. The average molecular weight is 311 g/mol. The molecule has 2 unspecified atom stereocenters. The second kappa shape index (κ2) is 6.07. The number of rotatable bonds is 3. The summed E-state index contributed by atoms with van der Waals surface area (Å²) in [6.07, 6.45) is 5.38. The highest BCUT2D eigenvalue weighted by atomic mass is 79.9. The van der Waals surface area contributed by atoms with Crippen molar-refractivity contribution in [3.63, 3.8) is 0 Å². The standard InChI is InChI=1S/C15H23BrN2/c1-11-4-3-5-13(8-11)18(2)14-7-6-12(10-17)15(16)9-14/h6-7,9,11,13H,3-5,8,10,17H2,1-2H3. The van der Waals surface area contributed by atoms with Crippen molar-refractivity contribution in [2.45, 2.75) is 45.2 Å². The lowest BCUT2D eigenvalue weighted by molar-refractivity contribution is 0.336. The van der Waals surface area contributed by atoms with Crippen molar-refractivity contribution in [3.8, 4) is 0 Å². The minimum atomic E-state index is 0.588. The predicted octanol–water partition coefficient (Wildman–Crippen LogP) is 3.92. The van der Waals surface area contributed by atoms with Crippen LogP contribution in [0.4, 0.5) is 5.69 Å². The Balaban J connectivity index is 2.12. The van der Waals surface area contributed by atoms with Crippen molar-refractivity contribution >= 4 is 21.6 Å². The molecule has 1 aliphatic rings. The maximum Gasteiger partial charge on any atom is 0.0377 e. The molecular weight excluding hydrogens is 288 g/mol. The first-order valence-electron chi connectivity index (χ1n) is 6.83. The lowest BCUT2D eigenvalue weighted by atomic mass is 9.86. The van der Waals surface area contributed by atoms with E-state index in [9.17, 15) is 0 Å². The molecule has 0 spiro atoms. The summed E-state index contributed by atoms with van der Waals surface area (Å²) in [6, 6.07) is 7.19. The summed E-state index contributed by atoms with van der Waals surface area (Å²) in [5.74, 6) is 0.859. The van der Waals surface area contributed by atoms with Crippen molar-refractivity contribution < 1.29 is 0 Å². The summed E-state index contributed by atoms with van der Waals surface area (Å²) >= 11 is 3.60. The Kier molecular flexibility index (Phi) is 4.68. The number of benzene rings is 1. The molecule has 1 aromatic carbocycles. The van der Waals surface area contributed by atoms with Gasteiger partial charge in [0.1, 0.15) is 0 Å². The highest BCUT2D eigenvalue weighted by Crippen LogP contribution is 2.31. The number of nitrogens with zero attached hydrogens (tertiary/aromatic N) is 1. The van der Waals surface area contributed by atoms with Crippen LogP contribution in [0.3, 0.4) is 0 Å². The van der Waals surface area contributed by atoms with Crippen LogP contribution >= 0.6 is 15.9 Å². The van der Waals surface area contributed by atoms with E-state index >= 15 is 0 Å². The van der Waals surface area contributed by atoms with Crippen LogP contribution in [-0.2, 0) is 6.54 Å². The van der Waals surface area contributed by atoms with E-state index in [1.54, 1.807) is 0 Å². The lowest BCUT2D eigenvalue weighted by Crippen LogP contribution is -2.35. The molecule has 1 saturated carbocycles. The number of anilines is 1. The van der Waals surface area contributed by atoms with Crippen molar-refractivity contribution in [3.05, 3.63) is 28.2 Å². The van der Waals surface area contributed by atoms with Gasteiger partial charge in [0.15, 0.2) is 0 Å². The third-order valence-corrected chi connectivity index (χ3v) is 4.86. The van der Waals surface area contributed by atoms with Gasteiger partial charge in [-0.15, -0.1) is 0 Å². The molecule has 100 valence electrons. The number of halogens is 1. The second-order valence-electron chi connectivity index (χ2n) is 5.52. The average Bonchev–Trinajstić information content (AvgIpc) is 2.37. The molecule has 0 amide bonds. The van der Waals surface area contributed by atoms with Crippen LogP contribution in [0.5, 0.6) is 0 Å². The van der Waals surface area contributed by atoms with Gasteiger partial charge in [0.25, 0.3) is 0 Å². The van der Waals surface area contributed by atoms with Gasteiger partial charge < -0.3 is 10.6 Å². The van der Waals surface area contributed by atoms with E-state index in [4.69, 9.17) is 5.73 Å². The lowest BCUT2D eigenvalue weighted by Gasteiger charge is -2.35. The third-order valence-electron chi connectivity index (χ3n) is 4.12.